The highest BCUT2D eigenvalue weighted by Gasteiger charge is 2.25. The molecule has 0 heterocycles. The van der Waals surface area contributed by atoms with Crippen LogP contribution in [0.1, 0.15) is 39.7 Å². The van der Waals surface area contributed by atoms with Crippen molar-refractivity contribution in [3.05, 3.63) is 28.2 Å². The quantitative estimate of drug-likeness (QED) is 0.877. The molecule has 0 saturated carbocycles. The Bertz CT molecular complexity index is 413. The van der Waals surface area contributed by atoms with E-state index in [-0.39, 0.29) is 11.3 Å². The van der Waals surface area contributed by atoms with Gasteiger partial charge < -0.3 is 5.32 Å². The predicted octanol–water partition coefficient (Wildman–Crippen LogP) is 4.39. The van der Waals surface area contributed by atoms with Crippen molar-refractivity contribution in [2.45, 2.75) is 40.5 Å². The maximum Gasteiger partial charge on any atom is 0.230 e. The van der Waals surface area contributed by atoms with Crippen molar-refractivity contribution in [3.8, 4) is 0 Å². The van der Waals surface area contributed by atoms with Crippen molar-refractivity contribution in [2.24, 2.45) is 5.41 Å². The monoisotopic (exact) mass is 297 g/mol. The Morgan fingerprint density at radius 3 is 2.53 bits per heavy atom. The first-order chi connectivity index (χ1) is 7.90. The third-order valence-electron chi connectivity index (χ3n) is 3.19. The fraction of sp³-hybridized carbons (Fsp3) is 0.500. The van der Waals surface area contributed by atoms with Crippen LogP contribution < -0.4 is 5.32 Å². The lowest BCUT2D eigenvalue weighted by atomic mass is 9.89. The number of rotatable bonds is 4. The number of halogens is 1. The molecule has 0 fully saturated rings. The molecule has 0 aliphatic rings. The molecule has 0 bridgehead atoms. The van der Waals surface area contributed by atoms with E-state index < -0.39 is 0 Å². The highest BCUT2D eigenvalue weighted by atomic mass is 79.9. The van der Waals surface area contributed by atoms with Crippen LogP contribution in [0.2, 0.25) is 0 Å². The Morgan fingerprint density at radius 1 is 1.35 bits per heavy atom. The molecule has 1 aromatic carbocycles. The second-order valence-corrected chi connectivity index (χ2v) is 5.76. The van der Waals surface area contributed by atoms with Crippen LogP contribution in [0.3, 0.4) is 0 Å². The van der Waals surface area contributed by atoms with E-state index in [1.165, 1.54) is 0 Å². The molecule has 0 spiro atoms. The zero-order valence-corrected chi connectivity index (χ0v) is 12.5. The maximum absolute atomic E-state index is 12.1. The van der Waals surface area contributed by atoms with Gasteiger partial charge in [0, 0.05) is 15.6 Å². The topological polar surface area (TPSA) is 29.1 Å². The zero-order chi connectivity index (χ0) is 13.1. The van der Waals surface area contributed by atoms with Gasteiger partial charge in [-0.1, -0.05) is 43.6 Å². The molecular weight excluding hydrogens is 278 g/mol. The number of carbonyl (C=O) groups is 1. The molecule has 1 N–H and O–H groups in total. The molecule has 0 atom stereocenters. The van der Waals surface area contributed by atoms with Crippen molar-refractivity contribution >= 4 is 27.5 Å². The van der Waals surface area contributed by atoms with Gasteiger partial charge in [-0.05, 0) is 36.6 Å². The largest absolute Gasteiger partial charge is 0.325 e. The first kappa shape index (κ1) is 14.2. The fourth-order valence-corrected chi connectivity index (χ4v) is 1.84. The normalized spacial score (nSPS) is 11.4. The van der Waals surface area contributed by atoms with Crippen molar-refractivity contribution < 1.29 is 4.79 Å². The van der Waals surface area contributed by atoms with Crippen LogP contribution in [0.25, 0.3) is 0 Å². The molecule has 17 heavy (non-hydrogen) atoms. The van der Waals surface area contributed by atoms with Crippen LogP contribution >= 0.6 is 15.9 Å². The summed E-state index contributed by atoms with van der Waals surface area (Å²) in [6.45, 7) is 8.05. The number of hydrogen-bond acceptors (Lipinski definition) is 1. The molecule has 0 unspecified atom stereocenters. The van der Waals surface area contributed by atoms with Crippen LogP contribution in [-0.4, -0.2) is 5.91 Å². The van der Waals surface area contributed by atoms with Crippen LogP contribution in [0.15, 0.2) is 22.7 Å². The number of aryl methyl sites for hydroxylation is 1. The van der Waals surface area contributed by atoms with Gasteiger partial charge in [0.15, 0.2) is 0 Å². The molecule has 94 valence electrons. The van der Waals surface area contributed by atoms with Crippen LogP contribution in [0, 0.1) is 5.41 Å². The van der Waals surface area contributed by atoms with Crippen molar-refractivity contribution in [1.82, 2.24) is 0 Å². The second-order valence-electron chi connectivity index (χ2n) is 4.85. The van der Waals surface area contributed by atoms with E-state index >= 15 is 0 Å². The van der Waals surface area contributed by atoms with E-state index in [2.05, 4.69) is 34.2 Å². The maximum atomic E-state index is 12.1. The highest BCUT2D eigenvalue weighted by molar-refractivity contribution is 9.10. The summed E-state index contributed by atoms with van der Waals surface area (Å²) in [5.74, 6) is 0.0806. The first-order valence-electron chi connectivity index (χ1n) is 6.00. The highest BCUT2D eigenvalue weighted by Crippen LogP contribution is 2.26. The molecule has 1 aromatic rings. The summed E-state index contributed by atoms with van der Waals surface area (Å²) < 4.78 is 1.04. The summed E-state index contributed by atoms with van der Waals surface area (Å²) in [4.78, 5) is 12.1. The fourth-order valence-electron chi connectivity index (χ4n) is 1.43. The molecule has 0 radical (unpaired) electrons. The number of amides is 1. The molecule has 3 heteroatoms. The van der Waals surface area contributed by atoms with Gasteiger partial charge in [-0.25, -0.2) is 0 Å². The third kappa shape index (κ3) is 3.56. The summed E-state index contributed by atoms with van der Waals surface area (Å²) in [7, 11) is 0. The minimum absolute atomic E-state index is 0.0806. The van der Waals surface area contributed by atoms with E-state index in [1.807, 2.05) is 32.9 Å². The van der Waals surface area contributed by atoms with Crippen molar-refractivity contribution in [2.75, 3.05) is 5.32 Å². The number of hydrogen-bond donors (Lipinski definition) is 1. The lowest BCUT2D eigenvalue weighted by molar-refractivity contribution is -0.124. The molecular formula is C14H20BrNO. The smallest absolute Gasteiger partial charge is 0.230 e. The second kappa shape index (κ2) is 5.67. The van der Waals surface area contributed by atoms with Gasteiger partial charge in [0.2, 0.25) is 5.91 Å². The van der Waals surface area contributed by atoms with Gasteiger partial charge in [0.25, 0.3) is 0 Å². The minimum Gasteiger partial charge on any atom is -0.325 e. The van der Waals surface area contributed by atoms with Crippen LogP contribution in [-0.2, 0) is 11.2 Å². The summed E-state index contributed by atoms with van der Waals surface area (Å²) in [6.07, 6.45) is 1.73. The Balaban J connectivity index is 2.92. The third-order valence-corrected chi connectivity index (χ3v) is 3.69. The summed E-state index contributed by atoms with van der Waals surface area (Å²) >= 11 is 3.44. The molecule has 0 saturated heterocycles. The molecule has 1 rings (SSSR count). The Labute approximate surface area is 112 Å². The predicted molar refractivity (Wildman–Crippen MR) is 76.2 cm³/mol. The van der Waals surface area contributed by atoms with Crippen LogP contribution in [0.5, 0.6) is 0 Å². The zero-order valence-electron chi connectivity index (χ0n) is 10.9. The van der Waals surface area contributed by atoms with Gasteiger partial charge >= 0.3 is 0 Å². The Kier molecular flexibility index (Phi) is 4.75. The lowest BCUT2D eigenvalue weighted by Crippen LogP contribution is -2.30. The van der Waals surface area contributed by atoms with Gasteiger partial charge in [-0.15, -0.1) is 0 Å². The summed E-state index contributed by atoms with van der Waals surface area (Å²) in [5, 5.41) is 3.02. The van der Waals surface area contributed by atoms with E-state index in [1.54, 1.807) is 0 Å². The molecule has 1 amide bonds. The number of nitrogens with one attached hydrogen (secondary N) is 1. The average molecular weight is 298 g/mol. The Morgan fingerprint density at radius 2 is 2.00 bits per heavy atom. The summed E-state index contributed by atoms with van der Waals surface area (Å²) in [6, 6.07) is 5.95. The van der Waals surface area contributed by atoms with E-state index in [0.717, 1.165) is 28.6 Å². The first-order valence-corrected chi connectivity index (χ1v) is 6.80. The lowest BCUT2D eigenvalue weighted by Gasteiger charge is -2.22. The standard InChI is InChI=1S/C14H20BrNO/c1-5-10-9-11(15)7-8-12(10)16-13(17)14(3,4)6-2/h7-9H,5-6H2,1-4H3,(H,16,17). The molecule has 2 nitrogen and oxygen atoms in total. The number of anilines is 1. The van der Waals surface area contributed by atoms with Gasteiger partial charge in [0.05, 0.1) is 0 Å². The summed E-state index contributed by atoms with van der Waals surface area (Å²) in [5.41, 5.74) is 1.75. The SMILES string of the molecule is CCc1cc(Br)ccc1NC(=O)C(C)(C)CC. The van der Waals surface area contributed by atoms with E-state index in [0.29, 0.717) is 0 Å². The van der Waals surface area contributed by atoms with Crippen LogP contribution in [0.4, 0.5) is 5.69 Å². The molecule has 0 aliphatic heterocycles. The van der Waals surface area contributed by atoms with E-state index in [9.17, 15) is 4.79 Å². The van der Waals surface area contributed by atoms with E-state index in [4.69, 9.17) is 0 Å². The minimum atomic E-state index is -0.321. The van der Waals surface area contributed by atoms with Gasteiger partial charge in [-0.3, -0.25) is 4.79 Å². The van der Waals surface area contributed by atoms with Crippen molar-refractivity contribution in [3.63, 3.8) is 0 Å². The Hall–Kier alpha value is -0.830. The number of benzene rings is 1. The van der Waals surface area contributed by atoms with Gasteiger partial charge in [-0.2, -0.15) is 0 Å². The molecule has 0 aromatic heterocycles. The number of carbonyl (C=O) groups excluding carboxylic acids is 1. The molecule has 0 aliphatic carbocycles. The van der Waals surface area contributed by atoms with Gasteiger partial charge in [0.1, 0.15) is 0 Å². The average Bonchev–Trinajstić information content (AvgIpc) is 2.31. The van der Waals surface area contributed by atoms with Crippen molar-refractivity contribution in [1.29, 1.82) is 0 Å².